The Bertz CT molecular complexity index is 463. The highest BCUT2D eigenvalue weighted by atomic mass is 16.5. The Hall–Kier alpha value is -1.54. The molecule has 0 aliphatic rings. The van der Waals surface area contributed by atoms with E-state index in [-0.39, 0.29) is 0 Å². The average Bonchev–Trinajstić information content (AvgIpc) is 2.45. The summed E-state index contributed by atoms with van der Waals surface area (Å²) in [4.78, 5) is 2.26. The Balaban J connectivity index is 2.71. The normalized spacial score (nSPS) is 10.2. The summed E-state index contributed by atoms with van der Waals surface area (Å²) in [7, 11) is 5.48. The van der Waals surface area contributed by atoms with Crippen molar-refractivity contribution >= 4 is 0 Å². The molecule has 0 heterocycles. The van der Waals surface area contributed by atoms with Crippen molar-refractivity contribution in [3.63, 3.8) is 0 Å². The Morgan fingerprint density at radius 3 is 2.75 bits per heavy atom. The van der Waals surface area contributed by atoms with Gasteiger partial charge in [0.1, 0.15) is 5.75 Å². The number of benzene rings is 1. The van der Waals surface area contributed by atoms with Gasteiger partial charge in [-0.05, 0) is 31.2 Å². The third-order valence-electron chi connectivity index (χ3n) is 2.93. The highest BCUT2D eigenvalue weighted by Crippen LogP contribution is 2.19. The van der Waals surface area contributed by atoms with E-state index in [4.69, 9.17) is 15.2 Å². The largest absolute Gasteiger partial charge is 0.495 e. The molecule has 0 bridgehead atoms. The van der Waals surface area contributed by atoms with Gasteiger partial charge < -0.3 is 20.1 Å². The van der Waals surface area contributed by atoms with E-state index in [0.717, 1.165) is 37.4 Å². The predicted octanol–water partition coefficient (Wildman–Crippen LogP) is 1.47. The lowest BCUT2D eigenvalue weighted by Crippen LogP contribution is -2.20. The van der Waals surface area contributed by atoms with E-state index in [1.165, 1.54) is 5.56 Å². The monoisotopic (exact) mass is 276 g/mol. The van der Waals surface area contributed by atoms with Crippen molar-refractivity contribution in [2.75, 3.05) is 41.0 Å². The van der Waals surface area contributed by atoms with Crippen molar-refractivity contribution in [1.29, 1.82) is 0 Å². The molecule has 20 heavy (non-hydrogen) atoms. The summed E-state index contributed by atoms with van der Waals surface area (Å²) in [5.41, 5.74) is 7.52. The van der Waals surface area contributed by atoms with Crippen LogP contribution in [-0.4, -0.2) is 45.9 Å². The molecule has 0 amide bonds. The Morgan fingerprint density at radius 1 is 1.30 bits per heavy atom. The molecule has 4 nitrogen and oxygen atoms in total. The van der Waals surface area contributed by atoms with Gasteiger partial charge in [0.2, 0.25) is 0 Å². The van der Waals surface area contributed by atoms with E-state index in [0.29, 0.717) is 6.54 Å². The van der Waals surface area contributed by atoms with Gasteiger partial charge in [0, 0.05) is 26.8 Å². The third-order valence-corrected chi connectivity index (χ3v) is 2.93. The molecule has 0 fully saturated rings. The smallest absolute Gasteiger partial charge is 0.134 e. The Labute approximate surface area is 121 Å². The zero-order valence-electron chi connectivity index (χ0n) is 12.6. The molecule has 4 heteroatoms. The minimum Gasteiger partial charge on any atom is -0.495 e. The predicted molar refractivity (Wildman–Crippen MR) is 81.8 cm³/mol. The van der Waals surface area contributed by atoms with Crippen LogP contribution in [0.3, 0.4) is 0 Å². The van der Waals surface area contributed by atoms with Crippen LogP contribution >= 0.6 is 0 Å². The summed E-state index contributed by atoms with van der Waals surface area (Å²) in [5, 5.41) is 0. The number of rotatable bonds is 7. The molecule has 0 aliphatic heterocycles. The van der Waals surface area contributed by atoms with Gasteiger partial charge in [-0.2, -0.15) is 0 Å². The molecule has 0 unspecified atom stereocenters. The topological polar surface area (TPSA) is 47.7 Å². The van der Waals surface area contributed by atoms with Crippen LogP contribution in [0.15, 0.2) is 18.2 Å². The summed E-state index contributed by atoms with van der Waals surface area (Å²) in [6, 6.07) is 6.09. The van der Waals surface area contributed by atoms with E-state index >= 15 is 0 Å². The maximum atomic E-state index is 5.42. The van der Waals surface area contributed by atoms with Gasteiger partial charge in [0.05, 0.1) is 19.2 Å². The van der Waals surface area contributed by atoms with Gasteiger partial charge in [-0.3, -0.25) is 0 Å². The minimum atomic E-state index is 0.351. The minimum absolute atomic E-state index is 0.351. The molecule has 0 radical (unpaired) electrons. The molecule has 0 aliphatic carbocycles. The number of methoxy groups -OCH3 is 2. The van der Waals surface area contributed by atoms with Gasteiger partial charge in [-0.25, -0.2) is 0 Å². The second-order valence-electron chi connectivity index (χ2n) is 4.62. The van der Waals surface area contributed by atoms with Gasteiger partial charge in [-0.15, -0.1) is 0 Å². The SMILES string of the molecule is COCCCN(C)Cc1ccc(OC)c(C#CCN)c1. The lowest BCUT2D eigenvalue weighted by atomic mass is 10.1. The molecule has 0 spiro atoms. The first-order valence-electron chi connectivity index (χ1n) is 6.74. The highest BCUT2D eigenvalue weighted by molar-refractivity contribution is 5.48. The summed E-state index contributed by atoms with van der Waals surface area (Å²) in [5.74, 6) is 6.71. The number of nitrogens with zero attached hydrogens (tertiary/aromatic N) is 1. The van der Waals surface area contributed by atoms with Crippen LogP contribution < -0.4 is 10.5 Å². The molecular formula is C16H24N2O2. The number of nitrogens with two attached hydrogens (primary N) is 1. The second-order valence-corrected chi connectivity index (χ2v) is 4.62. The fourth-order valence-corrected chi connectivity index (χ4v) is 1.97. The standard InChI is InChI=1S/C16H24N2O2/c1-18(10-5-11-19-2)13-14-7-8-16(20-3)15(12-14)6-4-9-17/h7-8,12H,5,9-11,13,17H2,1-3H3. The first-order valence-corrected chi connectivity index (χ1v) is 6.74. The van der Waals surface area contributed by atoms with Crippen LogP contribution in [-0.2, 0) is 11.3 Å². The molecule has 110 valence electrons. The van der Waals surface area contributed by atoms with Crippen molar-refractivity contribution in [3.05, 3.63) is 29.3 Å². The van der Waals surface area contributed by atoms with Crippen LogP contribution in [0.1, 0.15) is 17.5 Å². The Kier molecular flexibility index (Phi) is 7.74. The van der Waals surface area contributed by atoms with Crippen molar-refractivity contribution < 1.29 is 9.47 Å². The molecular weight excluding hydrogens is 252 g/mol. The van der Waals surface area contributed by atoms with E-state index in [9.17, 15) is 0 Å². The van der Waals surface area contributed by atoms with E-state index in [1.807, 2.05) is 6.07 Å². The van der Waals surface area contributed by atoms with E-state index < -0.39 is 0 Å². The second kappa shape index (κ2) is 9.38. The maximum absolute atomic E-state index is 5.42. The average molecular weight is 276 g/mol. The first-order chi connectivity index (χ1) is 9.71. The van der Waals surface area contributed by atoms with Crippen LogP contribution in [0.4, 0.5) is 0 Å². The van der Waals surface area contributed by atoms with Crippen molar-refractivity contribution in [2.24, 2.45) is 5.73 Å². The molecule has 0 saturated carbocycles. The fourth-order valence-electron chi connectivity index (χ4n) is 1.97. The molecule has 1 rings (SSSR count). The molecule has 0 aromatic heterocycles. The zero-order valence-corrected chi connectivity index (χ0v) is 12.6. The third kappa shape index (κ3) is 5.62. The summed E-state index contributed by atoms with van der Waals surface area (Å²) in [6.07, 6.45) is 1.03. The van der Waals surface area contributed by atoms with Crippen LogP contribution in [0.5, 0.6) is 5.75 Å². The van der Waals surface area contributed by atoms with Crippen molar-refractivity contribution in [3.8, 4) is 17.6 Å². The van der Waals surface area contributed by atoms with Crippen LogP contribution in [0.2, 0.25) is 0 Å². The molecule has 1 aromatic rings. The fraction of sp³-hybridized carbons (Fsp3) is 0.500. The summed E-state index contributed by atoms with van der Waals surface area (Å²) >= 11 is 0. The number of hydrogen-bond donors (Lipinski definition) is 1. The highest BCUT2D eigenvalue weighted by Gasteiger charge is 2.05. The lowest BCUT2D eigenvalue weighted by Gasteiger charge is -2.17. The van der Waals surface area contributed by atoms with Gasteiger partial charge in [-0.1, -0.05) is 17.9 Å². The van der Waals surface area contributed by atoms with Crippen LogP contribution in [0.25, 0.3) is 0 Å². The summed E-state index contributed by atoms with van der Waals surface area (Å²) < 4.78 is 10.4. The molecule has 0 saturated heterocycles. The van der Waals surface area contributed by atoms with E-state index in [2.05, 4.69) is 35.9 Å². The summed E-state index contributed by atoms with van der Waals surface area (Å²) in [6.45, 7) is 3.03. The van der Waals surface area contributed by atoms with Crippen molar-refractivity contribution in [2.45, 2.75) is 13.0 Å². The first kappa shape index (κ1) is 16.5. The zero-order chi connectivity index (χ0) is 14.8. The van der Waals surface area contributed by atoms with Crippen molar-refractivity contribution in [1.82, 2.24) is 4.90 Å². The number of ether oxygens (including phenoxy) is 2. The quantitative estimate of drug-likeness (QED) is 0.605. The Morgan fingerprint density at radius 2 is 2.10 bits per heavy atom. The van der Waals surface area contributed by atoms with Gasteiger partial charge in [0.25, 0.3) is 0 Å². The molecule has 0 atom stereocenters. The van der Waals surface area contributed by atoms with Crippen LogP contribution in [0, 0.1) is 11.8 Å². The number of hydrogen-bond acceptors (Lipinski definition) is 4. The molecule has 2 N–H and O–H groups in total. The van der Waals surface area contributed by atoms with Gasteiger partial charge in [0.15, 0.2) is 0 Å². The maximum Gasteiger partial charge on any atom is 0.134 e. The molecule has 1 aromatic carbocycles. The lowest BCUT2D eigenvalue weighted by molar-refractivity contribution is 0.178. The van der Waals surface area contributed by atoms with E-state index in [1.54, 1.807) is 14.2 Å². The van der Waals surface area contributed by atoms with Gasteiger partial charge >= 0.3 is 0 Å².